The number of hydrogen-bond donors (Lipinski definition) is 1. The summed E-state index contributed by atoms with van der Waals surface area (Å²) >= 11 is 9.31. The van der Waals surface area contributed by atoms with E-state index in [0.29, 0.717) is 5.11 Å². The molecule has 1 fully saturated rings. The zero-order valence-corrected chi connectivity index (χ0v) is 20.2. The molecule has 1 N–H and O–H groups in total. The number of nitrogens with zero attached hydrogens (tertiary/aromatic N) is 2. The van der Waals surface area contributed by atoms with Crippen molar-refractivity contribution in [3.05, 3.63) is 106 Å². The van der Waals surface area contributed by atoms with E-state index in [0.717, 1.165) is 32.9 Å². The van der Waals surface area contributed by atoms with Gasteiger partial charge in [0.2, 0.25) is 0 Å². The molecule has 1 aliphatic heterocycles. The van der Waals surface area contributed by atoms with E-state index in [2.05, 4.69) is 63.2 Å². The summed E-state index contributed by atoms with van der Waals surface area (Å²) < 4.78 is 7.46. The summed E-state index contributed by atoms with van der Waals surface area (Å²) in [4.78, 5) is 6.76. The van der Waals surface area contributed by atoms with Gasteiger partial charge < -0.3 is 14.6 Å². The maximum Gasteiger partial charge on any atom is 0.174 e. The summed E-state index contributed by atoms with van der Waals surface area (Å²) in [5.74, 6) is 1.66. The van der Waals surface area contributed by atoms with Gasteiger partial charge in [-0.2, -0.15) is 0 Å². The van der Waals surface area contributed by atoms with Crippen molar-refractivity contribution in [3.8, 4) is 11.3 Å². The van der Waals surface area contributed by atoms with E-state index < -0.39 is 0 Å². The lowest BCUT2D eigenvalue weighted by Gasteiger charge is -2.26. The van der Waals surface area contributed by atoms with Crippen LogP contribution in [0.5, 0.6) is 0 Å². The first-order valence-corrected chi connectivity index (χ1v) is 11.6. The zero-order valence-electron chi connectivity index (χ0n) is 17.7. The lowest BCUT2D eigenvalue weighted by molar-refractivity contribution is 0.439. The Labute approximate surface area is 201 Å². The maximum absolute atomic E-state index is 6.42. The molecule has 4 aromatic rings. The van der Waals surface area contributed by atoms with Crippen LogP contribution in [0.4, 0.5) is 5.69 Å². The second-order valence-corrected chi connectivity index (χ2v) is 9.35. The third kappa shape index (κ3) is 3.96. The number of nitrogens with one attached hydrogen (secondary N) is 1. The highest BCUT2D eigenvalue weighted by Crippen LogP contribution is 2.43. The van der Waals surface area contributed by atoms with Crippen LogP contribution < -0.4 is 10.2 Å². The van der Waals surface area contributed by atoms with Gasteiger partial charge >= 0.3 is 0 Å². The van der Waals surface area contributed by atoms with Crippen LogP contribution in [0.2, 0.25) is 0 Å². The lowest BCUT2D eigenvalue weighted by atomic mass is 10.0. The van der Waals surface area contributed by atoms with Gasteiger partial charge in [0.1, 0.15) is 17.6 Å². The third-order valence-corrected chi connectivity index (χ3v) is 6.47. The Hall–Kier alpha value is -2.96. The van der Waals surface area contributed by atoms with Gasteiger partial charge in [-0.25, -0.2) is 0 Å². The maximum atomic E-state index is 6.42. The molecule has 0 saturated carbocycles. The Balaban J connectivity index is 1.61. The number of furan rings is 1. The number of rotatable bonds is 4. The standard InChI is InChI=1S/C26H22BrN3OS/c1-16-13-17(2)15-20(14-16)30-25(24(29-26(30)32)21-5-3-4-12-28-21)23-11-10-22(31-23)18-6-8-19(27)9-7-18/h3-15,24-25H,1-2H3,(H,29,32). The minimum Gasteiger partial charge on any atom is -0.459 e. The van der Waals surface area contributed by atoms with Crippen LogP contribution in [0.15, 0.2) is 87.9 Å². The van der Waals surface area contributed by atoms with Crippen molar-refractivity contribution in [3.63, 3.8) is 0 Å². The Morgan fingerprint density at radius 2 is 1.72 bits per heavy atom. The molecule has 0 amide bonds. The second-order valence-electron chi connectivity index (χ2n) is 8.05. The quantitative estimate of drug-likeness (QED) is 0.306. The van der Waals surface area contributed by atoms with Gasteiger partial charge in [-0.1, -0.05) is 40.2 Å². The minimum absolute atomic E-state index is 0.131. The van der Waals surface area contributed by atoms with Gasteiger partial charge in [-0.15, -0.1) is 0 Å². The van der Waals surface area contributed by atoms with Crippen LogP contribution in [-0.2, 0) is 0 Å². The van der Waals surface area contributed by atoms with E-state index >= 15 is 0 Å². The number of benzene rings is 2. The number of aryl methyl sites for hydroxylation is 2. The molecule has 2 unspecified atom stereocenters. The fraction of sp³-hybridized carbons (Fsp3) is 0.154. The molecule has 2 aromatic carbocycles. The van der Waals surface area contributed by atoms with Gasteiger partial charge in [0, 0.05) is 21.9 Å². The van der Waals surface area contributed by atoms with Gasteiger partial charge in [-0.3, -0.25) is 4.98 Å². The van der Waals surface area contributed by atoms with Crippen molar-refractivity contribution >= 4 is 38.9 Å². The second kappa shape index (κ2) is 8.52. The van der Waals surface area contributed by atoms with Crippen molar-refractivity contribution in [2.75, 3.05) is 4.90 Å². The Morgan fingerprint density at radius 3 is 2.41 bits per heavy atom. The number of thiocarbonyl (C=S) groups is 1. The third-order valence-electron chi connectivity index (χ3n) is 5.63. The summed E-state index contributed by atoms with van der Waals surface area (Å²) in [5.41, 5.74) is 5.38. The highest BCUT2D eigenvalue weighted by atomic mass is 79.9. The SMILES string of the molecule is Cc1cc(C)cc(N2C(=S)NC(c3ccccn3)C2c2ccc(-c3ccc(Br)cc3)o2)c1. The van der Waals surface area contributed by atoms with Crippen molar-refractivity contribution in [1.82, 2.24) is 10.3 Å². The molecule has 6 heteroatoms. The fourth-order valence-electron chi connectivity index (χ4n) is 4.29. The van der Waals surface area contributed by atoms with E-state index in [1.807, 2.05) is 60.8 Å². The summed E-state index contributed by atoms with van der Waals surface area (Å²) in [6.07, 6.45) is 1.81. The highest BCUT2D eigenvalue weighted by Gasteiger charge is 2.42. The van der Waals surface area contributed by atoms with E-state index in [4.69, 9.17) is 16.6 Å². The number of halogens is 1. The number of aromatic nitrogens is 1. The smallest absolute Gasteiger partial charge is 0.174 e. The molecule has 2 atom stereocenters. The Kier molecular flexibility index (Phi) is 5.57. The molecule has 32 heavy (non-hydrogen) atoms. The number of anilines is 1. The molecule has 3 heterocycles. The van der Waals surface area contributed by atoms with Crippen LogP contribution in [0.3, 0.4) is 0 Å². The average molecular weight is 504 g/mol. The van der Waals surface area contributed by atoms with Crippen molar-refractivity contribution < 1.29 is 4.42 Å². The van der Waals surface area contributed by atoms with Crippen LogP contribution in [0.1, 0.15) is 34.7 Å². The first-order valence-electron chi connectivity index (χ1n) is 10.4. The van der Waals surface area contributed by atoms with E-state index in [9.17, 15) is 0 Å². The van der Waals surface area contributed by atoms with E-state index in [1.54, 1.807) is 0 Å². The topological polar surface area (TPSA) is 41.3 Å². The fourth-order valence-corrected chi connectivity index (χ4v) is 4.90. The van der Waals surface area contributed by atoms with Gasteiger partial charge in [0.25, 0.3) is 0 Å². The van der Waals surface area contributed by atoms with Gasteiger partial charge in [0.15, 0.2) is 5.11 Å². The molecule has 160 valence electrons. The summed E-state index contributed by atoms with van der Waals surface area (Å²) in [7, 11) is 0. The van der Waals surface area contributed by atoms with Crippen molar-refractivity contribution in [2.45, 2.75) is 25.9 Å². The molecular weight excluding hydrogens is 482 g/mol. The molecule has 4 nitrogen and oxygen atoms in total. The van der Waals surface area contributed by atoms with Gasteiger partial charge in [0.05, 0.1) is 11.7 Å². The zero-order chi connectivity index (χ0) is 22.2. The largest absolute Gasteiger partial charge is 0.459 e. The van der Waals surface area contributed by atoms with Crippen LogP contribution in [0, 0.1) is 13.8 Å². The van der Waals surface area contributed by atoms with Crippen molar-refractivity contribution in [1.29, 1.82) is 0 Å². The normalized spacial score (nSPS) is 18.1. The number of hydrogen-bond acceptors (Lipinski definition) is 3. The molecule has 1 aliphatic rings. The molecule has 5 rings (SSSR count). The Bertz CT molecular complexity index is 1250. The Morgan fingerprint density at radius 1 is 0.969 bits per heavy atom. The summed E-state index contributed by atoms with van der Waals surface area (Å²) in [5, 5.41) is 4.16. The first kappa shape index (κ1) is 20.9. The predicted molar refractivity (Wildman–Crippen MR) is 136 cm³/mol. The summed E-state index contributed by atoms with van der Waals surface area (Å²) in [6, 6.07) is 24.3. The van der Waals surface area contributed by atoms with Crippen molar-refractivity contribution in [2.24, 2.45) is 0 Å². The minimum atomic E-state index is -0.164. The lowest BCUT2D eigenvalue weighted by Crippen LogP contribution is -2.29. The molecular formula is C26H22BrN3OS. The summed E-state index contributed by atoms with van der Waals surface area (Å²) in [6.45, 7) is 4.21. The molecule has 0 radical (unpaired) electrons. The van der Waals surface area contributed by atoms with E-state index in [1.165, 1.54) is 11.1 Å². The number of pyridine rings is 1. The highest BCUT2D eigenvalue weighted by molar-refractivity contribution is 9.10. The molecule has 0 spiro atoms. The molecule has 1 saturated heterocycles. The van der Waals surface area contributed by atoms with Crippen LogP contribution in [-0.4, -0.2) is 10.1 Å². The van der Waals surface area contributed by atoms with Crippen LogP contribution >= 0.6 is 28.1 Å². The monoisotopic (exact) mass is 503 g/mol. The predicted octanol–water partition coefficient (Wildman–Crippen LogP) is 6.90. The van der Waals surface area contributed by atoms with Crippen LogP contribution in [0.25, 0.3) is 11.3 Å². The average Bonchev–Trinajstić information content (AvgIpc) is 3.39. The molecule has 0 bridgehead atoms. The van der Waals surface area contributed by atoms with E-state index in [-0.39, 0.29) is 12.1 Å². The molecule has 0 aliphatic carbocycles. The molecule has 2 aromatic heterocycles. The first-order chi connectivity index (χ1) is 15.5. The van der Waals surface area contributed by atoms with Gasteiger partial charge in [-0.05, 0) is 85.7 Å².